The molecule has 0 saturated heterocycles. The zero-order valence-electron chi connectivity index (χ0n) is 12.3. The van der Waals surface area contributed by atoms with Crippen LogP contribution < -0.4 is 5.32 Å². The summed E-state index contributed by atoms with van der Waals surface area (Å²) in [6, 6.07) is 8.18. The lowest BCUT2D eigenvalue weighted by Gasteiger charge is -2.10. The lowest BCUT2D eigenvalue weighted by molar-refractivity contribution is -0.127. The Morgan fingerprint density at radius 2 is 1.83 bits per heavy atom. The number of benzene rings is 1. The third-order valence-corrected chi connectivity index (χ3v) is 3.28. The summed E-state index contributed by atoms with van der Waals surface area (Å²) in [5.74, 6) is 1.22. The summed E-state index contributed by atoms with van der Waals surface area (Å²) in [4.78, 5) is 8.27. The number of aromatic nitrogens is 4. The molecule has 3 aromatic rings. The Morgan fingerprint density at radius 3 is 2.52 bits per heavy atom. The monoisotopic (exact) mass is 321 g/mol. The normalized spacial score (nSPS) is 11.8. The maximum absolute atomic E-state index is 12.3. The number of hydrogen-bond acceptors (Lipinski definition) is 4. The molecule has 0 unspecified atom stereocenters. The summed E-state index contributed by atoms with van der Waals surface area (Å²) >= 11 is 0. The van der Waals surface area contributed by atoms with E-state index in [-0.39, 0.29) is 5.56 Å². The van der Waals surface area contributed by atoms with Crippen molar-refractivity contribution in [1.29, 1.82) is 0 Å². The summed E-state index contributed by atoms with van der Waals surface area (Å²) < 4.78 is 38.6. The first-order valence-electron chi connectivity index (χ1n) is 6.96. The fourth-order valence-corrected chi connectivity index (χ4v) is 2.26. The molecular formula is C15H14F3N5. The van der Waals surface area contributed by atoms with Gasteiger partial charge >= 0.3 is 6.18 Å². The number of aryl methyl sites for hydroxylation is 1. The van der Waals surface area contributed by atoms with Gasteiger partial charge in [0, 0.05) is 18.3 Å². The van der Waals surface area contributed by atoms with Crippen LogP contribution in [0.25, 0.3) is 5.78 Å². The van der Waals surface area contributed by atoms with Crippen molar-refractivity contribution in [3.05, 3.63) is 53.5 Å². The topological polar surface area (TPSA) is 55.1 Å². The van der Waals surface area contributed by atoms with Crippen molar-refractivity contribution in [2.45, 2.75) is 26.1 Å². The molecule has 0 amide bonds. The first-order chi connectivity index (χ1) is 10.9. The van der Waals surface area contributed by atoms with Crippen molar-refractivity contribution in [3.63, 3.8) is 0 Å². The van der Waals surface area contributed by atoms with Crippen LogP contribution in [0.1, 0.15) is 16.8 Å². The van der Waals surface area contributed by atoms with Gasteiger partial charge in [-0.2, -0.15) is 27.8 Å². The summed E-state index contributed by atoms with van der Waals surface area (Å²) in [5.41, 5.74) is 1.92. The van der Waals surface area contributed by atoms with E-state index in [1.54, 1.807) is 16.6 Å². The molecule has 2 aromatic heterocycles. The molecule has 0 radical (unpaired) electrons. The van der Waals surface area contributed by atoms with E-state index in [4.69, 9.17) is 0 Å². The van der Waals surface area contributed by atoms with Gasteiger partial charge in [-0.25, -0.2) is 4.98 Å². The number of halogens is 3. The SMILES string of the molecule is Cc1cc(NCc2ccc(CC(F)(F)F)cc2)n2ncnc2n1. The highest BCUT2D eigenvalue weighted by molar-refractivity contribution is 5.45. The molecule has 1 aromatic carbocycles. The molecule has 5 nitrogen and oxygen atoms in total. The van der Waals surface area contributed by atoms with Gasteiger partial charge in [0.15, 0.2) is 0 Å². The Bertz CT molecular complexity index is 808. The second-order valence-corrected chi connectivity index (χ2v) is 5.22. The van der Waals surface area contributed by atoms with Crippen LogP contribution in [0.2, 0.25) is 0 Å². The predicted octanol–water partition coefficient (Wildman–Crippen LogP) is 3.15. The van der Waals surface area contributed by atoms with Crippen molar-refractivity contribution in [1.82, 2.24) is 19.6 Å². The van der Waals surface area contributed by atoms with Crippen LogP contribution in [-0.4, -0.2) is 25.8 Å². The summed E-state index contributed by atoms with van der Waals surface area (Å²) in [6.45, 7) is 2.32. The largest absolute Gasteiger partial charge is 0.393 e. The quantitative estimate of drug-likeness (QED) is 0.802. The zero-order chi connectivity index (χ0) is 16.4. The van der Waals surface area contributed by atoms with Crippen molar-refractivity contribution in [3.8, 4) is 0 Å². The van der Waals surface area contributed by atoms with Crippen molar-refractivity contribution in [2.75, 3.05) is 5.32 Å². The summed E-state index contributed by atoms with van der Waals surface area (Å²) in [6.07, 6.45) is -3.68. The van der Waals surface area contributed by atoms with Crippen LogP contribution in [0.5, 0.6) is 0 Å². The van der Waals surface area contributed by atoms with Crippen LogP contribution in [-0.2, 0) is 13.0 Å². The van der Waals surface area contributed by atoms with E-state index in [9.17, 15) is 13.2 Å². The lowest BCUT2D eigenvalue weighted by Crippen LogP contribution is -2.11. The predicted molar refractivity (Wildman–Crippen MR) is 79.0 cm³/mol. The van der Waals surface area contributed by atoms with Crippen LogP contribution in [0.3, 0.4) is 0 Å². The van der Waals surface area contributed by atoms with E-state index in [0.29, 0.717) is 12.3 Å². The first kappa shape index (κ1) is 15.3. The molecule has 0 atom stereocenters. The number of nitrogens with zero attached hydrogens (tertiary/aromatic N) is 4. The van der Waals surface area contributed by atoms with Crippen LogP contribution >= 0.6 is 0 Å². The number of fused-ring (bicyclic) bond motifs is 1. The zero-order valence-corrected chi connectivity index (χ0v) is 12.3. The smallest absolute Gasteiger partial charge is 0.366 e. The Kier molecular flexibility index (Phi) is 3.89. The van der Waals surface area contributed by atoms with Gasteiger partial charge in [0.2, 0.25) is 0 Å². The molecule has 0 aliphatic heterocycles. The number of rotatable bonds is 4. The average molecular weight is 321 g/mol. The Labute approximate surface area is 130 Å². The molecule has 0 saturated carbocycles. The molecule has 1 N–H and O–H groups in total. The van der Waals surface area contributed by atoms with E-state index in [1.807, 2.05) is 13.0 Å². The van der Waals surface area contributed by atoms with Crippen LogP contribution in [0, 0.1) is 6.92 Å². The van der Waals surface area contributed by atoms with Gasteiger partial charge < -0.3 is 5.32 Å². The average Bonchev–Trinajstić information content (AvgIpc) is 2.92. The highest BCUT2D eigenvalue weighted by Crippen LogP contribution is 2.21. The fraction of sp³-hybridized carbons (Fsp3) is 0.267. The lowest BCUT2D eigenvalue weighted by atomic mass is 10.1. The number of hydrogen-bond donors (Lipinski definition) is 1. The number of alkyl halides is 3. The molecule has 0 spiro atoms. The highest BCUT2D eigenvalue weighted by atomic mass is 19.4. The first-order valence-corrected chi connectivity index (χ1v) is 6.96. The fourth-order valence-electron chi connectivity index (χ4n) is 2.26. The standard InChI is InChI=1S/C15H14F3N5/c1-10-6-13(23-14(22-10)20-9-21-23)19-8-12-4-2-11(3-5-12)7-15(16,17)18/h2-6,9,19H,7-8H2,1H3. The maximum Gasteiger partial charge on any atom is 0.393 e. The summed E-state index contributed by atoms with van der Waals surface area (Å²) in [7, 11) is 0. The maximum atomic E-state index is 12.3. The van der Waals surface area contributed by atoms with Gasteiger partial charge in [-0.05, 0) is 18.1 Å². The molecule has 0 fully saturated rings. The number of anilines is 1. The molecule has 120 valence electrons. The van der Waals surface area contributed by atoms with Crippen molar-refractivity contribution >= 4 is 11.6 Å². The molecule has 0 bridgehead atoms. The third-order valence-electron chi connectivity index (χ3n) is 3.28. The molecule has 8 heteroatoms. The van der Waals surface area contributed by atoms with E-state index in [0.717, 1.165) is 17.1 Å². The molecule has 3 rings (SSSR count). The minimum Gasteiger partial charge on any atom is -0.366 e. The van der Waals surface area contributed by atoms with E-state index in [2.05, 4.69) is 20.4 Å². The van der Waals surface area contributed by atoms with Gasteiger partial charge in [0.05, 0.1) is 6.42 Å². The Hall–Kier alpha value is -2.64. The minimum atomic E-state index is -4.19. The molecule has 0 aliphatic carbocycles. The van der Waals surface area contributed by atoms with Crippen LogP contribution in [0.4, 0.5) is 19.0 Å². The molecular weight excluding hydrogens is 307 g/mol. The minimum absolute atomic E-state index is 0.250. The number of nitrogens with one attached hydrogen (secondary N) is 1. The third kappa shape index (κ3) is 3.77. The van der Waals surface area contributed by atoms with Gasteiger partial charge in [0.1, 0.15) is 12.1 Å². The highest BCUT2D eigenvalue weighted by Gasteiger charge is 2.27. The van der Waals surface area contributed by atoms with E-state index < -0.39 is 12.6 Å². The second-order valence-electron chi connectivity index (χ2n) is 5.22. The van der Waals surface area contributed by atoms with Crippen LogP contribution in [0.15, 0.2) is 36.7 Å². The van der Waals surface area contributed by atoms with E-state index >= 15 is 0 Å². The van der Waals surface area contributed by atoms with Crippen molar-refractivity contribution < 1.29 is 13.2 Å². The molecule has 2 heterocycles. The Balaban J connectivity index is 1.71. The van der Waals surface area contributed by atoms with Crippen molar-refractivity contribution in [2.24, 2.45) is 0 Å². The van der Waals surface area contributed by atoms with Gasteiger partial charge in [-0.3, -0.25) is 0 Å². The van der Waals surface area contributed by atoms with Gasteiger partial charge in [-0.15, -0.1) is 0 Å². The molecule has 23 heavy (non-hydrogen) atoms. The second kappa shape index (κ2) is 5.86. The molecule has 0 aliphatic rings. The summed E-state index contributed by atoms with van der Waals surface area (Å²) in [5, 5.41) is 7.28. The van der Waals surface area contributed by atoms with Gasteiger partial charge in [-0.1, -0.05) is 24.3 Å². The van der Waals surface area contributed by atoms with E-state index in [1.165, 1.54) is 18.5 Å². The van der Waals surface area contributed by atoms with Gasteiger partial charge in [0.25, 0.3) is 5.78 Å². The Morgan fingerprint density at radius 1 is 1.13 bits per heavy atom.